The Kier molecular flexibility index (Phi) is 5.94. The standard InChI is InChI=1S/C17H16N4O4/c1-19-21-15(18)10-25-14-8-4-11(5-9-14)16(22)20-13-6-2-12(3-7-13)17(23)24/h2-9,18H,10H2,1H3,(H,20,22)(H,23,24)/b18-15?,21-19-. The van der Waals surface area contributed by atoms with E-state index >= 15 is 0 Å². The molecular weight excluding hydrogens is 324 g/mol. The predicted molar refractivity (Wildman–Crippen MR) is 91.8 cm³/mol. The summed E-state index contributed by atoms with van der Waals surface area (Å²) in [5.74, 6) is -0.864. The fourth-order valence-corrected chi connectivity index (χ4v) is 1.90. The molecule has 0 heterocycles. The minimum atomic E-state index is -1.03. The van der Waals surface area contributed by atoms with E-state index < -0.39 is 5.97 Å². The number of carbonyl (C=O) groups is 2. The van der Waals surface area contributed by atoms with E-state index in [1.54, 1.807) is 24.3 Å². The number of hydrogen-bond donors (Lipinski definition) is 3. The Labute approximate surface area is 143 Å². The second-order valence-electron chi connectivity index (χ2n) is 4.90. The van der Waals surface area contributed by atoms with Gasteiger partial charge in [0, 0.05) is 18.3 Å². The van der Waals surface area contributed by atoms with Gasteiger partial charge in [-0.25, -0.2) is 4.79 Å². The second-order valence-corrected chi connectivity index (χ2v) is 4.90. The van der Waals surface area contributed by atoms with Gasteiger partial charge in [-0.2, -0.15) is 5.11 Å². The maximum Gasteiger partial charge on any atom is 0.335 e. The number of rotatable bonds is 6. The lowest BCUT2D eigenvalue weighted by molar-refractivity contribution is 0.0696. The lowest BCUT2D eigenvalue weighted by Gasteiger charge is -2.07. The van der Waals surface area contributed by atoms with Crippen LogP contribution in [0.4, 0.5) is 5.69 Å². The van der Waals surface area contributed by atoms with Gasteiger partial charge in [0.2, 0.25) is 0 Å². The molecule has 0 aliphatic rings. The van der Waals surface area contributed by atoms with Crippen molar-refractivity contribution in [2.45, 2.75) is 0 Å². The highest BCUT2D eigenvalue weighted by atomic mass is 16.5. The molecule has 0 radical (unpaired) electrons. The SMILES string of the molecule is C/N=N\C(=N)COc1ccc(C(=O)Nc2ccc(C(=O)O)cc2)cc1. The molecule has 2 aromatic rings. The van der Waals surface area contributed by atoms with Crippen LogP contribution in [0.1, 0.15) is 20.7 Å². The summed E-state index contributed by atoms with van der Waals surface area (Å²) >= 11 is 0. The molecule has 0 aliphatic heterocycles. The zero-order valence-corrected chi connectivity index (χ0v) is 13.4. The van der Waals surface area contributed by atoms with E-state index in [0.717, 1.165) is 0 Å². The molecule has 0 unspecified atom stereocenters. The largest absolute Gasteiger partial charge is 0.486 e. The van der Waals surface area contributed by atoms with Crippen LogP contribution in [0.25, 0.3) is 0 Å². The van der Waals surface area contributed by atoms with Crippen LogP contribution in [0.5, 0.6) is 5.75 Å². The van der Waals surface area contributed by atoms with E-state index in [1.165, 1.54) is 31.3 Å². The Hall–Kier alpha value is -3.55. The molecule has 1 amide bonds. The van der Waals surface area contributed by atoms with Crippen LogP contribution < -0.4 is 10.1 Å². The van der Waals surface area contributed by atoms with Crippen molar-refractivity contribution in [1.29, 1.82) is 5.41 Å². The Morgan fingerprint density at radius 2 is 1.68 bits per heavy atom. The summed E-state index contributed by atoms with van der Waals surface area (Å²) in [5, 5.41) is 26.0. The molecule has 128 valence electrons. The highest BCUT2D eigenvalue weighted by Crippen LogP contribution is 2.15. The zero-order valence-electron chi connectivity index (χ0n) is 13.4. The topological polar surface area (TPSA) is 124 Å². The number of azo groups is 1. The summed E-state index contributed by atoms with van der Waals surface area (Å²) in [6, 6.07) is 12.3. The number of carboxylic acids is 1. The third-order valence-electron chi connectivity index (χ3n) is 3.10. The van der Waals surface area contributed by atoms with Gasteiger partial charge in [-0.15, -0.1) is 5.11 Å². The smallest absolute Gasteiger partial charge is 0.335 e. The van der Waals surface area contributed by atoms with Gasteiger partial charge in [0.1, 0.15) is 12.4 Å². The van der Waals surface area contributed by atoms with Crippen LogP contribution in [0.2, 0.25) is 0 Å². The molecule has 2 aromatic carbocycles. The average molecular weight is 340 g/mol. The lowest BCUT2D eigenvalue weighted by Crippen LogP contribution is -2.12. The molecule has 0 saturated carbocycles. The van der Waals surface area contributed by atoms with Crippen molar-refractivity contribution in [1.82, 2.24) is 0 Å². The van der Waals surface area contributed by atoms with E-state index in [9.17, 15) is 9.59 Å². The Morgan fingerprint density at radius 3 is 2.24 bits per heavy atom. The molecule has 0 fully saturated rings. The predicted octanol–water partition coefficient (Wildman–Crippen LogP) is 3.08. The van der Waals surface area contributed by atoms with Gasteiger partial charge >= 0.3 is 5.97 Å². The Bertz CT molecular complexity index is 798. The number of aromatic carboxylic acids is 1. The summed E-state index contributed by atoms with van der Waals surface area (Å²) in [7, 11) is 1.47. The van der Waals surface area contributed by atoms with Crippen LogP contribution in [0.3, 0.4) is 0 Å². The molecule has 0 atom stereocenters. The summed E-state index contributed by atoms with van der Waals surface area (Å²) < 4.78 is 5.34. The molecule has 0 aromatic heterocycles. The van der Waals surface area contributed by atoms with Crippen molar-refractivity contribution in [2.24, 2.45) is 10.2 Å². The van der Waals surface area contributed by atoms with Crippen LogP contribution in [0, 0.1) is 5.41 Å². The minimum Gasteiger partial charge on any atom is -0.486 e. The van der Waals surface area contributed by atoms with Gasteiger partial charge < -0.3 is 15.2 Å². The van der Waals surface area contributed by atoms with Gasteiger partial charge in [-0.05, 0) is 48.5 Å². The molecule has 3 N–H and O–H groups in total. The number of amides is 1. The third kappa shape index (κ3) is 5.24. The Balaban J connectivity index is 1.95. The lowest BCUT2D eigenvalue weighted by atomic mass is 10.2. The highest BCUT2D eigenvalue weighted by Gasteiger charge is 2.08. The van der Waals surface area contributed by atoms with E-state index in [4.69, 9.17) is 15.3 Å². The van der Waals surface area contributed by atoms with E-state index in [2.05, 4.69) is 15.5 Å². The first kappa shape index (κ1) is 17.8. The van der Waals surface area contributed by atoms with Gasteiger partial charge in [0.15, 0.2) is 5.84 Å². The van der Waals surface area contributed by atoms with Crippen molar-refractivity contribution in [2.75, 3.05) is 19.0 Å². The number of amidine groups is 1. The minimum absolute atomic E-state index is 0.00544. The van der Waals surface area contributed by atoms with Gasteiger partial charge in [0.25, 0.3) is 5.91 Å². The van der Waals surface area contributed by atoms with Crippen molar-refractivity contribution in [3.8, 4) is 5.75 Å². The highest BCUT2D eigenvalue weighted by molar-refractivity contribution is 6.04. The zero-order chi connectivity index (χ0) is 18.2. The third-order valence-corrected chi connectivity index (χ3v) is 3.10. The number of ether oxygens (including phenoxy) is 1. The monoisotopic (exact) mass is 340 g/mol. The molecule has 0 spiro atoms. The van der Waals surface area contributed by atoms with Crippen LogP contribution in [-0.2, 0) is 0 Å². The summed E-state index contributed by atoms with van der Waals surface area (Å²) in [5.41, 5.74) is 1.05. The van der Waals surface area contributed by atoms with E-state index in [-0.39, 0.29) is 23.9 Å². The van der Waals surface area contributed by atoms with Gasteiger partial charge in [-0.3, -0.25) is 10.2 Å². The van der Waals surface area contributed by atoms with Crippen molar-refractivity contribution in [3.05, 3.63) is 59.7 Å². The molecule has 8 nitrogen and oxygen atoms in total. The number of carboxylic acid groups (broad SMARTS) is 1. The van der Waals surface area contributed by atoms with Crippen LogP contribution in [-0.4, -0.2) is 36.5 Å². The number of hydrogen-bond acceptors (Lipinski definition) is 5. The van der Waals surface area contributed by atoms with Gasteiger partial charge in [-0.1, -0.05) is 0 Å². The first-order valence-electron chi connectivity index (χ1n) is 7.24. The van der Waals surface area contributed by atoms with Crippen LogP contribution >= 0.6 is 0 Å². The molecule has 2 rings (SSSR count). The van der Waals surface area contributed by atoms with Crippen LogP contribution in [0.15, 0.2) is 58.8 Å². The van der Waals surface area contributed by atoms with E-state index in [0.29, 0.717) is 17.0 Å². The maximum absolute atomic E-state index is 12.2. The quantitative estimate of drug-likeness (QED) is 0.424. The second kappa shape index (κ2) is 8.34. The molecule has 8 heteroatoms. The molecule has 0 bridgehead atoms. The molecule has 25 heavy (non-hydrogen) atoms. The van der Waals surface area contributed by atoms with Gasteiger partial charge in [0.05, 0.1) is 5.56 Å². The number of benzene rings is 2. The fraction of sp³-hybridized carbons (Fsp3) is 0.118. The summed E-state index contributed by atoms with van der Waals surface area (Å²) in [6.45, 7) is -0.0151. The first-order valence-corrected chi connectivity index (χ1v) is 7.24. The van der Waals surface area contributed by atoms with Crippen molar-refractivity contribution < 1.29 is 19.4 Å². The Morgan fingerprint density at radius 1 is 1.08 bits per heavy atom. The first-order chi connectivity index (χ1) is 12.0. The normalized spacial score (nSPS) is 10.4. The summed E-state index contributed by atoms with van der Waals surface area (Å²) in [6.07, 6.45) is 0. The average Bonchev–Trinajstić information content (AvgIpc) is 2.61. The molecule has 0 saturated heterocycles. The summed E-state index contributed by atoms with van der Waals surface area (Å²) in [4.78, 5) is 23.0. The molecule has 0 aliphatic carbocycles. The number of anilines is 1. The number of nitrogens with zero attached hydrogens (tertiary/aromatic N) is 2. The van der Waals surface area contributed by atoms with Crippen molar-refractivity contribution >= 4 is 23.4 Å². The number of carbonyl (C=O) groups excluding carboxylic acids is 1. The molecular formula is C17H16N4O4. The van der Waals surface area contributed by atoms with Crippen molar-refractivity contribution in [3.63, 3.8) is 0 Å². The number of nitrogens with one attached hydrogen (secondary N) is 2. The fourth-order valence-electron chi connectivity index (χ4n) is 1.90. The maximum atomic E-state index is 12.2. The van der Waals surface area contributed by atoms with E-state index in [1.807, 2.05) is 0 Å².